The number of carbonyl (C=O) groups is 2. The van der Waals surface area contributed by atoms with Crippen molar-refractivity contribution in [1.82, 2.24) is 10.6 Å². The van der Waals surface area contributed by atoms with Gasteiger partial charge in [-0.05, 0) is 44.9 Å². The van der Waals surface area contributed by atoms with E-state index in [0.717, 1.165) is 21.4 Å². The Balaban J connectivity index is 2.51. The molecule has 24 heavy (non-hydrogen) atoms. The second kappa shape index (κ2) is 9.18. The Kier molecular flexibility index (Phi) is 7.90. The largest absolute Gasteiger partial charge is 0.347 e. The van der Waals surface area contributed by atoms with Crippen LogP contribution in [0, 0.1) is 0 Å². The van der Waals surface area contributed by atoms with Crippen LogP contribution in [0.15, 0.2) is 28.7 Å². The topological polar surface area (TPSA) is 62.6 Å². The van der Waals surface area contributed by atoms with E-state index in [2.05, 4.69) is 26.6 Å². The summed E-state index contributed by atoms with van der Waals surface area (Å²) in [7, 11) is 1.85. The Morgan fingerprint density at radius 2 is 1.67 bits per heavy atom. The van der Waals surface area contributed by atoms with Crippen LogP contribution in [0.1, 0.15) is 45.7 Å². The molecule has 0 spiro atoms. The lowest BCUT2D eigenvalue weighted by molar-refractivity contribution is -0.862. The van der Waals surface area contributed by atoms with Crippen molar-refractivity contribution in [3.63, 3.8) is 0 Å². The van der Waals surface area contributed by atoms with Gasteiger partial charge in [-0.1, -0.05) is 35.0 Å². The van der Waals surface area contributed by atoms with Crippen LogP contribution in [0.2, 0.25) is 0 Å². The first-order chi connectivity index (χ1) is 11.1. The van der Waals surface area contributed by atoms with Gasteiger partial charge in [0, 0.05) is 10.0 Å². The summed E-state index contributed by atoms with van der Waals surface area (Å²) in [6, 6.07) is 7.94. The molecular weight excluding hydrogens is 370 g/mol. The van der Waals surface area contributed by atoms with Gasteiger partial charge in [-0.2, -0.15) is 0 Å². The molecule has 2 amide bonds. The van der Waals surface area contributed by atoms with E-state index in [-0.39, 0.29) is 36.5 Å². The lowest BCUT2D eigenvalue weighted by atomic mass is 10.0. The van der Waals surface area contributed by atoms with Crippen LogP contribution < -0.4 is 15.5 Å². The van der Waals surface area contributed by atoms with E-state index >= 15 is 0 Å². The highest BCUT2D eigenvalue weighted by Crippen LogP contribution is 2.19. The van der Waals surface area contributed by atoms with Crippen molar-refractivity contribution in [2.24, 2.45) is 0 Å². The molecule has 6 heteroatoms. The van der Waals surface area contributed by atoms with Gasteiger partial charge in [-0.15, -0.1) is 0 Å². The van der Waals surface area contributed by atoms with Crippen molar-refractivity contribution in [1.29, 1.82) is 0 Å². The van der Waals surface area contributed by atoms with Crippen LogP contribution in [0.5, 0.6) is 0 Å². The predicted molar refractivity (Wildman–Crippen MR) is 99.8 cm³/mol. The van der Waals surface area contributed by atoms with Crippen LogP contribution in [0.3, 0.4) is 0 Å². The lowest BCUT2D eigenvalue weighted by Gasteiger charge is -2.22. The molecule has 0 saturated heterocycles. The normalized spacial score (nSPS) is 13.9. The van der Waals surface area contributed by atoms with E-state index in [0.29, 0.717) is 0 Å². The third-order valence-electron chi connectivity index (χ3n) is 3.45. The summed E-state index contributed by atoms with van der Waals surface area (Å²) in [6.45, 7) is 8.41. The van der Waals surface area contributed by atoms with Gasteiger partial charge in [0.2, 0.25) is 0 Å². The van der Waals surface area contributed by atoms with E-state index in [1.807, 2.05) is 59.0 Å². The number of hydrogen-bond donors (Lipinski definition) is 3. The quantitative estimate of drug-likeness (QED) is 0.650. The fourth-order valence-corrected chi connectivity index (χ4v) is 2.70. The van der Waals surface area contributed by atoms with Crippen molar-refractivity contribution in [3.8, 4) is 0 Å². The summed E-state index contributed by atoms with van der Waals surface area (Å²) < 4.78 is 1.02. The van der Waals surface area contributed by atoms with Gasteiger partial charge in [0.1, 0.15) is 0 Å². The minimum atomic E-state index is -0.255. The Morgan fingerprint density at radius 3 is 2.17 bits per heavy atom. The fourth-order valence-electron chi connectivity index (χ4n) is 2.43. The van der Waals surface area contributed by atoms with E-state index in [4.69, 9.17) is 0 Å². The number of nitrogens with one attached hydrogen (secondary N) is 3. The number of benzene rings is 1. The Labute approximate surface area is 153 Å². The smallest absolute Gasteiger partial charge is 0.275 e. The van der Waals surface area contributed by atoms with Crippen LogP contribution >= 0.6 is 15.9 Å². The van der Waals surface area contributed by atoms with Gasteiger partial charge in [0.05, 0.1) is 13.1 Å². The van der Waals surface area contributed by atoms with Gasteiger partial charge >= 0.3 is 0 Å². The summed E-state index contributed by atoms with van der Waals surface area (Å²) in [5, 5.41) is 5.96. The summed E-state index contributed by atoms with van der Waals surface area (Å²) in [5.41, 5.74) is 0.825. The standard InChI is InChI=1S/C18H28BrN3O2/c1-6-15(13-7-9-14(19)10-8-13)20-16(23)11-22(5)12-17(24)21-18(2,3)4/h7-10,15H,6,11-12H2,1-5H3,(H,20,23)(H,21,24)/p+1/t15-/m1/s1. The predicted octanol–water partition coefficient (Wildman–Crippen LogP) is 1.45. The van der Waals surface area contributed by atoms with Crippen LogP contribution in [0.4, 0.5) is 0 Å². The van der Waals surface area contributed by atoms with Gasteiger partial charge in [0.15, 0.2) is 13.1 Å². The second-order valence-corrected chi connectivity index (χ2v) is 8.10. The van der Waals surface area contributed by atoms with Crippen molar-refractivity contribution in [3.05, 3.63) is 34.3 Å². The van der Waals surface area contributed by atoms with Crippen molar-refractivity contribution >= 4 is 27.7 Å². The molecule has 0 aromatic heterocycles. The molecule has 0 aliphatic heterocycles. The van der Waals surface area contributed by atoms with E-state index in [9.17, 15) is 9.59 Å². The maximum atomic E-state index is 12.3. The van der Waals surface area contributed by atoms with Crippen molar-refractivity contribution < 1.29 is 14.5 Å². The van der Waals surface area contributed by atoms with Crippen LogP contribution in [-0.2, 0) is 9.59 Å². The molecule has 1 aromatic rings. The number of likely N-dealkylation sites (N-methyl/N-ethyl adjacent to an activating group) is 1. The molecule has 3 N–H and O–H groups in total. The average molecular weight is 399 g/mol. The monoisotopic (exact) mass is 398 g/mol. The summed E-state index contributed by atoms with van der Waals surface area (Å²) in [5.74, 6) is -0.0985. The lowest BCUT2D eigenvalue weighted by Crippen LogP contribution is -3.11. The summed E-state index contributed by atoms with van der Waals surface area (Å²) in [4.78, 5) is 25.0. The molecule has 134 valence electrons. The number of rotatable bonds is 7. The van der Waals surface area contributed by atoms with Crippen LogP contribution in [0.25, 0.3) is 0 Å². The molecule has 1 rings (SSSR count). The van der Waals surface area contributed by atoms with E-state index in [1.54, 1.807) is 0 Å². The zero-order valence-corrected chi connectivity index (χ0v) is 16.8. The van der Waals surface area contributed by atoms with Crippen LogP contribution in [-0.4, -0.2) is 37.5 Å². The van der Waals surface area contributed by atoms with Gasteiger partial charge in [0.25, 0.3) is 11.8 Å². The molecule has 0 saturated carbocycles. The first-order valence-electron chi connectivity index (χ1n) is 8.28. The van der Waals surface area contributed by atoms with Gasteiger partial charge < -0.3 is 15.5 Å². The highest BCUT2D eigenvalue weighted by atomic mass is 79.9. The zero-order chi connectivity index (χ0) is 18.3. The van der Waals surface area contributed by atoms with Gasteiger partial charge in [-0.25, -0.2) is 0 Å². The van der Waals surface area contributed by atoms with Crippen molar-refractivity contribution in [2.75, 3.05) is 20.1 Å². The third kappa shape index (κ3) is 7.93. The molecular formula is C18H29BrN3O2+. The fraction of sp³-hybridized carbons (Fsp3) is 0.556. The number of halogens is 1. The van der Waals surface area contributed by atoms with Gasteiger partial charge in [-0.3, -0.25) is 9.59 Å². The molecule has 0 aliphatic carbocycles. The molecule has 5 nitrogen and oxygen atoms in total. The highest BCUT2D eigenvalue weighted by molar-refractivity contribution is 9.10. The molecule has 2 atom stereocenters. The maximum absolute atomic E-state index is 12.3. The molecule has 0 fully saturated rings. The molecule has 0 radical (unpaired) electrons. The average Bonchev–Trinajstić information content (AvgIpc) is 2.43. The minimum Gasteiger partial charge on any atom is -0.347 e. The first kappa shape index (κ1) is 20.6. The SMILES string of the molecule is CC[C@@H](NC(=O)C[NH+](C)CC(=O)NC(C)(C)C)c1ccc(Br)cc1. The Morgan fingerprint density at radius 1 is 1.12 bits per heavy atom. The van der Waals surface area contributed by atoms with E-state index < -0.39 is 0 Å². The second-order valence-electron chi connectivity index (χ2n) is 7.19. The van der Waals surface area contributed by atoms with Crippen molar-refractivity contribution in [2.45, 2.75) is 45.7 Å². The number of hydrogen-bond acceptors (Lipinski definition) is 2. The molecule has 1 unspecified atom stereocenters. The summed E-state index contributed by atoms with van der Waals surface area (Å²) in [6.07, 6.45) is 0.816. The Hall–Kier alpha value is -1.40. The third-order valence-corrected chi connectivity index (χ3v) is 3.98. The molecule has 1 aromatic carbocycles. The number of carbonyl (C=O) groups excluding carboxylic acids is 2. The van der Waals surface area contributed by atoms with E-state index in [1.165, 1.54) is 0 Å². The number of quaternary nitrogens is 1. The molecule has 0 heterocycles. The summed E-state index contributed by atoms with van der Waals surface area (Å²) >= 11 is 3.42. The zero-order valence-electron chi connectivity index (χ0n) is 15.2. The highest BCUT2D eigenvalue weighted by Gasteiger charge is 2.20. The number of amides is 2. The first-order valence-corrected chi connectivity index (χ1v) is 9.07. The maximum Gasteiger partial charge on any atom is 0.275 e. The molecule has 0 bridgehead atoms. The molecule has 0 aliphatic rings. The Bertz CT molecular complexity index is 552. The minimum absolute atomic E-state index is 0.0122.